The lowest BCUT2D eigenvalue weighted by atomic mass is 9.84. The molecular formula is C21H21NO. The van der Waals surface area contributed by atoms with E-state index in [1.165, 1.54) is 5.56 Å². The first-order valence-corrected chi connectivity index (χ1v) is 7.89. The van der Waals surface area contributed by atoms with Crippen LogP contribution in [0.1, 0.15) is 19.4 Å². The molecule has 3 aromatic rings. The first-order valence-electron chi connectivity index (χ1n) is 7.89. The molecule has 0 saturated carbocycles. The minimum Gasteiger partial charge on any atom is -0.325 e. The highest BCUT2D eigenvalue weighted by Crippen LogP contribution is 2.27. The highest BCUT2D eigenvalue weighted by molar-refractivity contribution is 6.03. The van der Waals surface area contributed by atoms with E-state index in [4.69, 9.17) is 0 Å². The van der Waals surface area contributed by atoms with Crippen molar-refractivity contribution >= 4 is 22.4 Å². The van der Waals surface area contributed by atoms with Gasteiger partial charge < -0.3 is 5.32 Å². The minimum atomic E-state index is -0.474. The average Bonchev–Trinajstić information content (AvgIpc) is 2.55. The molecule has 3 rings (SSSR count). The van der Waals surface area contributed by atoms with Gasteiger partial charge in [-0.25, -0.2) is 0 Å². The maximum absolute atomic E-state index is 12.8. The smallest absolute Gasteiger partial charge is 0.230 e. The lowest BCUT2D eigenvalue weighted by Gasteiger charge is -2.24. The standard InChI is InChI=1S/C21H21NO/c1-21(2,15-16-9-4-3-5-10-16)20(23)22-19-14-8-12-17-11-6-7-13-18(17)19/h3-14H,15H2,1-2H3,(H,22,23). The number of nitrogens with one attached hydrogen (secondary N) is 1. The van der Waals surface area contributed by atoms with Crippen LogP contribution in [0.5, 0.6) is 0 Å². The van der Waals surface area contributed by atoms with Crippen molar-refractivity contribution in [3.8, 4) is 0 Å². The maximum atomic E-state index is 12.8. The molecule has 1 amide bonds. The van der Waals surface area contributed by atoms with Crippen LogP contribution in [-0.4, -0.2) is 5.91 Å². The molecule has 3 aromatic carbocycles. The van der Waals surface area contributed by atoms with Crippen molar-refractivity contribution in [3.05, 3.63) is 78.4 Å². The second-order valence-electron chi connectivity index (χ2n) is 6.53. The molecule has 0 aromatic heterocycles. The van der Waals surface area contributed by atoms with E-state index in [0.717, 1.165) is 16.5 Å². The highest BCUT2D eigenvalue weighted by Gasteiger charge is 2.28. The van der Waals surface area contributed by atoms with E-state index < -0.39 is 5.41 Å². The molecule has 0 aliphatic rings. The van der Waals surface area contributed by atoms with Crippen molar-refractivity contribution in [1.29, 1.82) is 0 Å². The number of anilines is 1. The first-order chi connectivity index (χ1) is 11.1. The van der Waals surface area contributed by atoms with Gasteiger partial charge in [-0.15, -0.1) is 0 Å². The SMILES string of the molecule is CC(C)(Cc1ccccc1)C(=O)Nc1cccc2ccccc12. The lowest BCUT2D eigenvalue weighted by molar-refractivity contribution is -0.123. The van der Waals surface area contributed by atoms with Crippen molar-refractivity contribution in [1.82, 2.24) is 0 Å². The van der Waals surface area contributed by atoms with Crippen LogP contribution in [0.25, 0.3) is 10.8 Å². The van der Waals surface area contributed by atoms with Gasteiger partial charge in [-0.2, -0.15) is 0 Å². The molecule has 0 unspecified atom stereocenters. The van der Waals surface area contributed by atoms with Crippen LogP contribution in [0.2, 0.25) is 0 Å². The summed E-state index contributed by atoms with van der Waals surface area (Å²) in [6.07, 6.45) is 0.713. The Bertz CT molecular complexity index is 816. The number of carbonyl (C=O) groups is 1. The van der Waals surface area contributed by atoms with Crippen molar-refractivity contribution in [2.75, 3.05) is 5.32 Å². The Morgan fingerprint density at radius 2 is 1.52 bits per heavy atom. The predicted octanol–water partition coefficient (Wildman–Crippen LogP) is 5.05. The van der Waals surface area contributed by atoms with Crippen LogP contribution in [0.15, 0.2) is 72.8 Å². The zero-order valence-corrected chi connectivity index (χ0v) is 13.5. The third-order valence-electron chi connectivity index (χ3n) is 4.14. The lowest BCUT2D eigenvalue weighted by Crippen LogP contribution is -2.32. The molecule has 0 bridgehead atoms. The molecule has 2 heteroatoms. The summed E-state index contributed by atoms with van der Waals surface area (Å²) in [4.78, 5) is 12.8. The molecule has 23 heavy (non-hydrogen) atoms. The summed E-state index contributed by atoms with van der Waals surface area (Å²) in [7, 11) is 0. The fourth-order valence-corrected chi connectivity index (χ4v) is 2.81. The molecular weight excluding hydrogens is 282 g/mol. The summed E-state index contributed by atoms with van der Waals surface area (Å²) < 4.78 is 0. The second kappa shape index (κ2) is 6.25. The molecule has 0 spiro atoms. The van der Waals surface area contributed by atoms with E-state index in [-0.39, 0.29) is 5.91 Å². The molecule has 0 aliphatic heterocycles. The number of fused-ring (bicyclic) bond motifs is 1. The Morgan fingerprint density at radius 1 is 0.870 bits per heavy atom. The van der Waals surface area contributed by atoms with Crippen LogP contribution < -0.4 is 5.32 Å². The van der Waals surface area contributed by atoms with Crippen molar-refractivity contribution in [3.63, 3.8) is 0 Å². The first kappa shape index (κ1) is 15.3. The summed E-state index contributed by atoms with van der Waals surface area (Å²) in [5.74, 6) is 0.0395. The summed E-state index contributed by atoms with van der Waals surface area (Å²) in [5, 5.41) is 5.31. The molecule has 0 saturated heterocycles. The maximum Gasteiger partial charge on any atom is 0.230 e. The van der Waals surface area contributed by atoms with E-state index in [1.807, 2.05) is 62.4 Å². The molecule has 0 radical (unpaired) electrons. The molecule has 0 heterocycles. The fourth-order valence-electron chi connectivity index (χ4n) is 2.81. The van der Waals surface area contributed by atoms with Crippen LogP contribution in [0.4, 0.5) is 5.69 Å². The number of hydrogen-bond donors (Lipinski definition) is 1. The van der Waals surface area contributed by atoms with Gasteiger partial charge in [-0.05, 0) is 23.4 Å². The Morgan fingerprint density at radius 3 is 2.30 bits per heavy atom. The topological polar surface area (TPSA) is 29.1 Å². The predicted molar refractivity (Wildman–Crippen MR) is 96.5 cm³/mol. The molecule has 1 N–H and O–H groups in total. The minimum absolute atomic E-state index is 0.0395. The number of carbonyl (C=O) groups excluding carboxylic acids is 1. The van der Waals surface area contributed by atoms with Crippen LogP contribution in [0, 0.1) is 5.41 Å². The van der Waals surface area contributed by atoms with Gasteiger partial charge in [0.2, 0.25) is 5.91 Å². The van der Waals surface area contributed by atoms with Gasteiger partial charge in [0, 0.05) is 16.5 Å². The summed E-state index contributed by atoms with van der Waals surface area (Å²) >= 11 is 0. The van der Waals surface area contributed by atoms with Gasteiger partial charge in [-0.1, -0.05) is 80.6 Å². The Balaban J connectivity index is 1.82. The van der Waals surface area contributed by atoms with Crippen LogP contribution in [0.3, 0.4) is 0 Å². The summed E-state index contributed by atoms with van der Waals surface area (Å²) in [6, 6.07) is 24.2. The largest absolute Gasteiger partial charge is 0.325 e. The normalized spacial score (nSPS) is 11.4. The van der Waals surface area contributed by atoms with E-state index >= 15 is 0 Å². The molecule has 2 nitrogen and oxygen atoms in total. The second-order valence-corrected chi connectivity index (χ2v) is 6.53. The van der Waals surface area contributed by atoms with Gasteiger partial charge in [-0.3, -0.25) is 4.79 Å². The van der Waals surface area contributed by atoms with Crippen LogP contribution >= 0.6 is 0 Å². The van der Waals surface area contributed by atoms with E-state index in [0.29, 0.717) is 6.42 Å². The van der Waals surface area contributed by atoms with Crippen molar-refractivity contribution in [2.24, 2.45) is 5.41 Å². The van der Waals surface area contributed by atoms with Gasteiger partial charge >= 0.3 is 0 Å². The van der Waals surface area contributed by atoms with Gasteiger partial charge in [0.25, 0.3) is 0 Å². The van der Waals surface area contributed by atoms with E-state index in [2.05, 4.69) is 29.6 Å². The number of benzene rings is 3. The Hall–Kier alpha value is -2.61. The Labute approximate surface area is 137 Å². The average molecular weight is 303 g/mol. The van der Waals surface area contributed by atoms with Crippen LogP contribution in [-0.2, 0) is 11.2 Å². The van der Waals surface area contributed by atoms with Gasteiger partial charge in [0.05, 0.1) is 0 Å². The summed E-state index contributed by atoms with van der Waals surface area (Å²) in [6.45, 7) is 3.97. The number of rotatable bonds is 4. The van der Waals surface area contributed by atoms with E-state index in [9.17, 15) is 4.79 Å². The zero-order valence-electron chi connectivity index (χ0n) is 13.5. The molecule has 0 fully saturated rings. The van der Waals surface area contributed by atoms with Gasteiger partial charge in [0.1, 0.15) is 0 Å². The van der Waals surface area contributed by atoms with Gasteiger partial charge in [0.15, 0.2) is 0 Å². The third kappa shape index (κ3) is 3.42. The number of amides is 1. The quantitative estimate of drug-likeness (QED) is 0.718. The highest BCUT2D eigenvalue weighted by atomic mass is 16.2. The van der Waals surface area contributed by atoms with Crippen molar-refractivity contribution in [2.45, 2.75) is 20.3 Å². The Kier molecular flexibility index (Phi) is 4.16. The molecule has 0 aliphatic carbocycles. The summed E-state index contributed by atoms with van der Waals surface area (Å²) in [5.41, 5.74) is 1.57. The van der Waals surface area contributed by atoms with Crippen molar-refractivity contribution < 1.29 is 4.79 Å². The monoisotopic (exact) mass is 303 g/mol. The third-order valence-corrected chi connectivity index (χ3v) is 4.14. The fraction of sp³-hybridized carbons (Fsp3) is 0.190. The molecule has 116 valence electrons. The zero-order chi connectivity index (χ0) is 16.3. The molecule has 0 atom stereocenters. The number of hydrogen-bond acceptors (Lipinski definition) is 1. The van der Waals surface area contributed by atoms with E-state index in [1.54, 1.807) is 0 Å².